The number of likely N-dealkylation sites (tertiary alicyclic amines) is 1. The zero-order valence-corrected chi connectivity index (χ0v) is 10.7. The summed E-state index contributed by atoms with van der Waals surface area (Å²) in [6.45, 7) is 1.27. The highest BCUT2D eigenvalue weighted by molar-refractivity contribution is 7.92. The third-order valence-corrected chi connectivity index (χ3v) is 4.61. The van der Waals surface area contributed by atoms with E-state index in [4.69, 9.17) is 5.73 Å². The van der Waals surface area contributed by atoms with Crippen LogP contribution in [0.25, 0.3) is 0 Å². The molecule has 100 valence electrons. The van der Waals surface area contributed by atoms with Crippen molar-refractivity contribution in [1.29, 1.82) is 0 Å². The summed E-state index contributed by atoms with van der Waals surface area (Å²) in [5.41, 5.74) is 5.46. The van der Waals surface area contributed by atoms with Gasteiger partial charge >= 0.3 is 0 Å². The maximum absolute atomic E-state index is 12.0. The minimum Gasteiger partial charge on any atom is -0.383 e. The van der Waals surface area contributed by atoms with Gasteiger partial charge in [-0.05, 0) is 19.3 Å². The van der Waals surface area contributed by atoms with Crippen LogP contribution in [0.15, 0.2) is 11.1 Å². The number of nitrogens with two attached hydrogens (primary N) is 1. The molecule has 7 nitrogen and oxygen atoms in total. The van der Waals surface area contributed by atoms with Crippen molar-refractivity contribution in [2.45, 2.75) is 24.2 Å². The second kappa shape index (κ2) is 4.97. The smallest absolute Gasteiger partial charge is 0.238 e. The Morgan fingerprint density at radius 1 is 1.39 bits per heavy atom. The number of carbonyl (C=O) groups excluding carboxylic acids is 1. The summed E-state index contributed by atoms with van der Waals surface area (Å²) < 4.78 is 24.0. The molecule has 1 aromatic rings. The van der Waals surface area contributed by atoms with Gasteiger partial charge in [-0.3, -0.25) is 9.89 Å². The Morgan fingerprint density at radius 2 is 2.06 bits per heavy atom. The van der Waals surface area contributed by atoms with E-state index < -0.39 is 15.6 Å². The number of carbonyl (C=O) groups is 1. The van der Waals surface area contributed by atoms with Crippen molar-refractivity contribution in [2.24, 2.45) is 0 Å². The number of anilines is 1. The predicted octanol–water partition coefficient (Wildman–Crippen LogP) is -0.222. The van der Waals surface area contributed by atoms with Crippen LogP contribution in [0, 0.1) is 0 Å². The summed E-state index contributed by atoms with van der Waals surface area (Å²) >= 11 is 0. The monoisotopic (exact) mass is 272 g/mol. The zero-order chi connectivity index (χ0) is 13.2. The molecule has 1 saturated heterocycles. The highest BCUT2D eigenvalue weighted by atomic mass is 32.2. The number of hydrogen-bond acceptors (Lipinski definition) is 5. The summed E-state index contributed by atoms with van der Waals surface area (Å²) in [6.07, 6.45) is 4.08. The number of rotatable bonds is 3. The first kappa shape index (κ1) is 12.9. The molecule has 0 atom stereocenters. The van der Waals surface area contributed by atoms with E-state index in [2.05, 4.69) is 10.2 Å². The average Bonchev–Trinajstić information content (AvgIpc) is 2.77. The van der Waals surface area contributed by atoms with Gasteiger partial charge in [0.2, 0.25) is 5.91 Å². The van der Waals surface area contributed by atoms with E-state index in [0.29, 0.717) is 13.1 Å². The summed E-state index contributed by atoms with van der Waals surface area (Å²) in [5, 5.41) is 5.90. The van der Waals surface area contributed by atoms with Gasteiger partial charge in [-0.2, -0.15) is 5.10 Å². The molecule has 1 aliphatic rings. The van der Waals surface area contributed by atoms with Crippen molar-refractivity contribution in [1.82, 2.24) is 15.1 Å². The topological polar surface area (TPSA) is 109 Å². The van der Waals surface area contributed by atoms with Crippen LogP contribution < -0.4 is 5.73 Å². The number of nitrogens with zero attached hydrogens (tertiary/aromatic N) is 2. The lowest BCUT2D eigenvalue weighted by Gasteiger charge is -2.26. The third kappa shape index (κ3) is 2.63. The van der Waals surface area contributed by atoms with Crippen LogP contribution in [-0.2, 0) is 14.6 Å². The van der Waals surface area contributed by atoms with Crippen molar-refractivity contribution < 1.29 is 13.2 Å². The molecule has 3 N–H and O–H groups in total. The second-order valence-corrected chi connectivity index (χ2v) is 6.31. The molecule has 1 aliphatic heterocycles. The van der Waals surface area contributed by atoms with Crippen LogP contribution in [-0.4, -0.2) is 48.3 Å². The molecule has 0 bridgehead atoms. The van der Waals surface area contributed by atoms with Gasteiger partial charge in [0, 0.05) is 13.1 Å². The molecule has 1 amide bonds. The lowest BCUT2D eigenvalue weighted by Crippen LogP contribution is -2.39. The molecule has 2 heterocycles. The van der Waals surface area contributed by atoms with Crippen LogP contribution >= 0.6 is 0 Å². The van der Waals surface area contributed by atoms with E-state index in [0.717, 1.165) is 25.5 Å². The Balaban J connectivity index is 2.09. The number of piperidine rings is 1. The summed E-state index contributed by atoms with van der Waals surface area (Å²) in [4.78, 5) is 13.4. The minimum atomic E-state index is -3.71. The molecule has 0 aliphatic carbocycles. The molecule has 1 aromatic heterocycles. The Bertz CT molecular complexity index is 531. The zero-order valence-electron chi connectivity index (χ0n) is 9.92. The van der Waals surface area contributed by atoms with Crippen LogP contribution in [0.2, 0.25) is 0 Å². The van der Waals surface area contributed by atoms with E-state index in [1.807, 2.05) is 0 Å². The van der Waals surface area contributed by atoms with E-state index in [9.17, 15) is 13.2 Å². The van der Waals surface area contributed by atoms with Crippen LogP contribution in [0.1, 0.15) is 19.3 Å². The lowest BCUT2D eigenvalue weighted by atomic mass is 10.1. The molecule has 0 saturated carbocycles. The van der Waals surface area contributed by atoms with Gasteiger partial charge in [0.25, 0.3) is 0 Å². The van der Waals surface area contributed by atoms with E-state index in [-0.39, 0.29) is 16.6 Å². The fourth-order valence-electron chi connectivity index (χ4n) is 2.01. The van der Waals surface area contributed by atoms with Gasteiger partial charge in [-0.15, -0.1) is 0 Å². The van der Waals surface area contributed by atoms with Crippen LogP contribution in [0.4, 0.5) is 5.82 Å². The fraction of sp³-hybridized carbons (Fsp3) is 0.600. The Kier molecular flexibility index (Phi) is 3.55. The molecule has 0 aromatic carbocycles. The second-order valence-electron chi connectivity index (χ2n) is 4.35. The van der Waals surface area contributed by atoms with Gasteiger partial charge < -0.3 is 10.6 Å². The molecule has 0 unspecified atom stereocenters. The molecular formula is C10H16N4O3S. The maximum atomic E-state index is 12.0. The van der Waals surface area contributed by atoms with E-state index >= 15 is 0 Å². The van der Waals surface area contributed by atoms with Gasteiger partial charge in [-0.1, -0.05) is 0 Å². The van der Waals surface area contributed by atoms with Crippen molar-refractivity contribution in [3.05, 3.63) is 6.20 Å². The molecule has 18 heavy (non-hydrogen) atoms. The Labute approximate surface area is 105 Å². The van der Waals surface area contributed by atoms with E-state index in [1.165, 1.54) is 0 Å². The van der Waals surface area contributed by atoms with Crippen molar-refractivity contribution in [3.8, 4) is 0 Å². The number of amides is 1. The Hall–Kier alpha value is -1.57. The SMILES string of the molecule is Nc1[nH]ncc1S(=O)(=O)CC(=O)N1CCCCC1. The molecule has 0 radical (unpaired) electrons. The molecule has 0 spiro atoms. The highest BCUT2D eigenvalue weighted by Crippen LogP contribution is 2.17. The van der Waals surface area contributed by atoms with E-state index in [1.54, 1.807) is 4.90 Å². The van der Waals surface area contributed by atoms with Crippen molar-refractivity contribution in [3.63, 3.8) is 0 Å². The quantitative estimate of drug-likeness (QED) is 0.790. The number of sulfone groups is 1. The maximum Gasteiger partial charge on any atom is 0.238 e. The summed E-state index contributed by atoms with van der Waals surface area (Å²) in [6, 6.07) is 0. The first-order valence-corrected chi connectivity index (χ1v) is 7.45. The highest BCUT2D eigenvalue weighted by Gasteiger charge is 2.26. The van der Waals surface area contributed by atoms with Gasteiger partial charge in [0.15, 0.2) is 9.84 Å². The van der Waals surface area contributed by atoms with Gasteiger partial charge in [-0.25, -0.2) is 8.42 Å². The Morgan fingerprint density at radius 3 is 2.61 bits per heavy atom. The number of H-pyrrole nitrogens is 1. The van der Waals surface area contributed by atoms with Gasteiger partial charge in [0.05, 0.1) is 6.20 Å². The molecule has 8 heteroatoms. The first-order chi connectivity index (χ1) is 8.50. The van der Waals surface area contributed by atoms with Crippen molar-refractivity contribution in [2.75, 3.05) is 24.6 Å². The molecular weight excluding hydrogens is 256 g/mol. The number of aromatic amines is 1. The lowest BCUT2D eigenvalue weighted by molar-refractivity contribution is -0.129. The third-order valence-electron chi connectivity index (χ3n) is 2.99. The normalized spacial score (nSPS) is 16.8. The number of hydrogen-bond donors (Lipinski definition) is 2. The van der Waals surface area contributed by atoms with Crippen LogP contribution in [0.5, 0.6) is 0 Å². The molecule has 1 fully saturated rings. The standard InChI is InChI=1S/C10H16N4O3S/c11-10-8(6-12-13-10)18(16,17)7-9(15)14-4-2-1-3-5-14/h6H,1-5,7H2,(H3,11,12,13). The largest absolute Gasteiger partial charge is 0.383 e. The number of nitrogens with one attached hydrogen (secondary N) is 1. The van der Waals surface area contributed by atoms with Crippen molar-refractivity contribution >= 4 is 21.6 Å². The fourth-order valence-corrected chi connectivity index (χ4v) is 3.27. The van der Waals surface area contributed by atoms with Crippen LogP contribution in [0.3, 0.4) is 0 Å². The molecule has 2 rings (SSSR count). The minimum absolute atomic E-state index is 0.0264. The predicted molar refractivity (Wildman–Crippen MR) is 65.5 cm³/mol. The number of nitrogen functional groups attached to an aromatic ring is 1. The summed E-state index contributed by atoms with van der Waals surface area (Å²) in [7, 11) is -3.71. The average molecular weight is 272 g/mol. The number of aromatic nitrogens is 2. The first-order valence-electron chi connectivity index (χ1n) is 5.80. The van der Waals surface area contributed by atoms with Gasteiger partial charge in [0.1, 0.15) is 16.5 Å². The summed E-state index contributed by atoms with van der Waals surface area (Å²) in [5.74, 6) is -0.937.